The van der Waals surface area contributed by atoms with E-state index < -0.39 is 0 Å². The van der Waals surface area contributed by atoms with Crippen LogP contribution in [0.2, 0.25) is 0 Å². The largest absolute Gasteiger partial charge is 0.369 e. The van der Waals surface area contributed by atoms with Crippen molar-refractivity contribution in [2.45, 2.75) is 46.3 Å². The highest BCUT2D eigenvalue weighted by atomic mass is 16.5. The van der Waals surface area contributed by atoms with E-state index in [1.165, 1.54) is 0 Å². The molecular weight excluding hydrogens is 282 g/mol. The average Bonchev–Trinajstić information content (AvgIpc) is 2.76. The molecule has 0 saturated carbocycles. The van der Waals surface area contributed by atoms with Crippen molar-refractivity contribution in [3.05, 3.63) is 23.0 Å². The summed E-state index contributed by atoms with van der Waals surface area (Å²) in [4.78, 5) is 19.2. The molecule has 0 N–H and O–H groups in total. The minimum absolute atomic E-state index is 0.00898. The Kier molecular flexibility index (Phi) is 3.44. The summed E-state index contributed by atoms with van der Waals surface area (Å²) in [6.45, 7) is 10.8. The number of morpholine rings is 1. The molecule has 22 heavy (non-hydrogen) atoms. The van der Waals surface area contributed by atoms with Crippen LogP contribution in [0, 0.1) is 13.8 Å². The van der Waals surface area contributed by atoms with E-state index >= 15 is 0 Å². The highest BCUT2D eigenvalue weighted by molar-refractivity contribution is 6.06. The van der Waals surface area contributed by atoms with Crippen LogP contribution in [0.15, 0.2) is 10.6 Å². The number of aromatic nitrogens is 2. The minimum Gasteiger partial charge on any atom is -0.369 e. The van der Waals surface area contributed by atoms with Crippen LogP contribution in [0.5, 0.6) is 0 Å². The maximum atomic E-state index is 13.0. The minimum atomic E-state index is -0.349. The number of amides is 1. The molecule has 0 unspecified atom stereocenters. The predicted molar refractivity (Wildman–Crippen MR) is 81.8 cm³/mol. The molecule has 6 heteroatoms. The van der Waals surface area contributed by atoms with Crippen molar-refractivity contribution in [3.63, 3.8) is 0 Å². The molecule has 0 aliphatic carbocycles. The van der Waals surface area contributed by atoms with E-state index in [2.05, 4.69) is 10.1 Å². The van der Waals surface area contributed by atoms with Gasteiger partial charge in [0.1, 0.15) is 0 Å². The van der Waals surface area contributed by atoms with Crippen molar-refractivity contribution < 1.29 is 14.1 Å². The van der Waals surface area contributed by atoms with Crippen LogP contribution in [-0.4, -0.2) is 45.7 Å². The van der Waals surface area contributed by atoms with Gasteiger partial charge in [-0.2, -0.15) is 0 Å². The number of carbonyl (C=O) groups is 1. The zero-order valence-corrected chi connectivity index (χ0v) is 13.6. The lowest BCUT2D eigenvalue weighted by atomic mass is 10.0. The maximum absolute atomic E-state index is 13.0. The number of hydrogen-bond donors (Lipinski definition) is 0. The topological polar surface area (TPSA) is 68.5 Å². The molecule has 3 rings (SSSR count). The Hall–Kier alpha value is -1.95. The van der Waals surface area contributed by atoms with Gasteiger partial charge >= 0.3 is 0 Å². The number of pyridine rings is 1. The molecule has 0 bridgehead atoms. The van der Waals surface area contributed by atoms with Crippen molar-refractivity contribution in [2.75, 3.05) is 13.1 Å². The lowest BCUT2D eigenvalue weighted by Crippen LogP contribution is -2.53. The molecule has 1 saturated heterocycles. The Labute approximate surface area is 129 Å². The van der Waals surface area contributed by atoms with Crippen LogP contribution in [0.25, 0.3) is 11.1 Å². The summed E-state index contributed by atoms with van der Waals surface area (Å²) in [6, 6.07) is 1.81. The van der Waals surface area contributed by atoms with Gasteiger partial charge in [-0.1, -0.05) is 5.16 Å². The molecule has 0 radical (unpaired) electrons. The van der Waals surface area contributed by atoms with Crippen LogP contribution in [0.4, 0.5) is 0 Å². The highest BCUT2D eigenvalue weighted by Crippen LogP contribution is 2.26. The molecule has 2 aromatic heterocycles. The third-order valence-corrected chi connectivity index (χ3v) is 3.83. The Morgan fingerprint density at radius 3 is 2.82 bits per heavy atom. The summed E-state index contributed by atoms with van der Waals surface area (Å²) in [6.07, 6.45) is 0.00898. The van der Waals surface area contributed by atoms with E-state index in [4.69, 9.17) is 9.26 Å². The molecule has 0 spiro atoms. The van der Waals surface area contributed by atoms with Gasteiger partial charge in [-0.15, -0.1) is 0 Å². The Morgan fingerprint density at radius 1 is 1.41 bits per heavy atom. The number of rotatable bonds is 1. The highest BCUT2D eigenvalue weighted by Gasteiger charge is 2.35. The molecule has 2 aromatic rings. The van der Waals surface area contributed by atoms with Gasteiger partial charge < -0.3 is 14.2 Å². The Bertz CT molecular complexity index is 736. The van der Waals surface area contributed by atoms with Gasteiger partial charge in [-0.25, -0.2) is 4.98 Å². The molecule has 1 aliphatic heterocycles. The van der Waals surface area contributed by atoms with Crippen molar-refractivity contribution in [3.8, 4) is 0 Å². The van der Waals surface area contributed by atoms with Gasteiger partial charge in [0.05, 0.1) is 28.3 Å². The smallest absolute Gasteiger partial charge is 0.258 e. The summed E-state index contributed by atoms with van der Waals surface area (Å²) < 4.78 is 11.1. The Balaban J connectivity index is 2.03. The average molecular weight is 303 g/mol. The number of aryl methyl sites for hydroxylation is 2. The number of ether oxygens (including phenoxy) is 1. The molecule has 3 heterocycles. The van der Waals surface area contributed by atoms with Crippen molar-refractivity contribution in [2.24, 2.45) is 0 Å². The monoisotopic (exact) mass is 303 g/mol. The van der Waals surface area contributed by atoms with E-state index in [1.807, 2.05) is 45.6 Å². The van der Waals surface area contributed by atoms with E-state index in [1.54, 1.807) is 0 Å². The van der Waals surface area contributed by atoms with E-state index in [9.17, 15) is 4.79 Å². The zero-order chi connectivity index (χ0) is 16.1. The Morgan fingerprint density at radius 2 is 2.14 bits per heavy atom. The van der Waals surface area contributed by atoms with Gasteiger partial charge in [0.15, 0.2) is 0 Å². The molecule has 1 aliphatic rings. The number of fused-ring (bicyclic) bond motifs is 1. The van der Waals surface area contributed by atoms with E-state index in [0.717, 1.165) is 5.69 Å². The van der Waals surface area contributed by atoms with Gasteiger partial charge in [0, 0.05) is 18.8 Å². The van der Waals surface area contributed by atoms with E-state index in [0.29, 0.717) is 35.4 Å². The second-order valence-corrected chi connectivity index (χ2v) is 6.63. The second-order valence-electron chi connectivity index (χ2n) is 6.63. The maximum Gasteiger partial charge on any atom is 0.258 e. The quantitative estimate of drug-likeness (QED) is 0.809. The molecular formula is C16H21N3O3. The van der Waals surface area contributed by atoms with Crippen LogP contribution in [0.1, 0.15) is 42.5 Å². The van der Waals surface area contributed by atoms with Crippen LogP contribution in [0.3, 0.4) is 0 Å². The first kappa shape index (κ1) is 15.0. The van der Waals surface area contributed by atoms with Crippen LogP contribution < -0.4 is 0 Å². The first-order chi connectivity index (χ1) is 10.3. The van der Waals surface area contributed by atoms with E-state index in [-0.39, 0.29) is 17.6 Å². The SMILES string of the molecule is Cc1cc(C(=O)N2C[C@@H](C)OC(C)(C)C2)c2c(C)noc2n1. The first-order valence-electron chi connectivity index (χ1n) is 7.47. The number of nitrogens with zero attached hydrogens (tertiary/aromatic N) is 3. The fourth-order valence-electron chi connectivity index (χ4n) is 3.17. The van der Waals surface area contributed by atoms with Gasteiger partial charge in [0.25, 0.3) is 11.6 Å². The third kappa shape index (κ3) is 2.59. The zero-order valence-electron chi connectivity index (χ0n) is 13.6. The normalized spacial score (nSPS) is 21.3. The van der Waals surface area contributed by atoms with Crippen LogP contribution in [-0.2, 0) is 4.74 Å². The summed E-state index contributed by atoms with van der Waals surface area (Å²) in [7, 11) is 0. The van der Waals surface area contributed by atoms with Crippen LogP contribution >= 0.6 is 0 Å². The fraction of sp³-hybridized carbons (Fsp3) is 0.562. The summed E-state index contributed by atoms with van der Waals surface area (Å²) in [5, 5.41) is 4.64. The molecule has 6 nitrogen and oxygen atoms in total. The van der Waals surface area contributed by atoms with Crippen molar-refractivity contribution in [1.29, 1.82) is 0 Å². The molecule has 1 atom stereocenters. The standard InChI is InChI=1S/C16H21N3O3/c1-9-6-12(13-11(3)18-22-14(13)17-9)15(20)19-7-10(2)21-16(4,5)8-19/h6,10H,7-8H2,1-5H3/t10-/m1/s1. The first-order valence-corrected chi connectivity index (χ1v) is 7.47. The van der Waals surface area contributed by atoms with Crippen molar-refractivity contribution >= 4 is 17.0 Å². The number of carbonyl (C=O) groups excluding carboxylic acids is 1. The lowest BCUT2D eigenvalue weighted by molar-refractivity contribution is -0.118. The van der Waals surface area contributed by atoms with Crippen molar-refractivity contribution in [1.82, 2.24) is 15.0 Å². The lowest BCUT2D eigenvalue weighted by Gasteiger charge is -2.41. The second kappa shape index (κ2) is 5.05. The summed E-state index contributed by atoms with van der Waals surface area (Å²) in [5.74, 6) is -0.0231. The van der Waals surface area contributed by atoms with Gasteiger partial charge in [-0.05, 0) is 40.7 Å². The van der Waals surface area contributed by atoms with Gasteiger partial charge in [-0.3, -0.25) is 4.79 Å². The molecule has 0 aromatic carbocycles. The summed E-state index contributed by atoms with van der Waals surface area (Å²) in [5.41, 5.74) is 2.10. The number of hydrogen-bond acceptors (Lipinski definition) is 5. The molecule has 1 fully saturated rings. The molecule has 118 valence electrons. The molecule has 1 amide bonds. The predicted octanol–water partition coefficient (Wildman–Crippen LogP) is 2.48. The third-order valence-electron chi connectivity index (χ3n) is 3.83. The fourth-order valence-corrected chi connectivity index (χ4v) is 3.17. The van der Waals surface area contributed by atoms with Gasteiger partial charge in [0.2, 0.25) is 0 Å². The summed E-state index contributed by atoms with van der Waals surface area (Å²) >= 11 is 0.